The van der Waals surface area contributed by atoms with Crippen LogP contribution in [0.1, 0.15) is 32.4 Å². The number of aryl methyl sites for hydroxylation is 1. The van der Waals surface area contributed by atoms with Crippen molar-refractivity contribution in [2.75, 3.05) is 11.9 Å². The lowest BCUT2D eigenvalue weighted by atomic mass is 10.2. The minimum absolute atomic E-state index is 0.00434. The highest BCUT2D eigenvalue weighted by Gasteiger charge is 2.22. The Kier molecular flexibility index (Phi) is 5.58. The monoisotopic (exact) mass is 344 g/mol. The summed E-state index contributed by atoms with van der Waals surface area (Å²) in [6.07, 6.45) is 1.69. The predicted octanol–water partition coefficient (Wildman–Crippen LogP) is 0.808. The number of carbonyl (C=O) groups excluding carboxylic acids is 3. The first-order valence-corrected chi connectivity index (χ1v) is 7.87. The number of nitrogens with one attached hydrogen (secondary N) is 2. The normalized spacial score (nSPS) is 14.0. The van der Waals surface area contributed by atoms with Crippen LogP contribution in [0.5, 0.6) is 0 Å². The van der Waals surface area contributed by atoms with Gasteiger partial charge >= 0.3 is 11.8 Å². The first-order chi connectivity index (χ1) is 11.8. The number of carbonyl (C=O) groups is 3. The van der Waals surface area contributed by atoms with E-state index >= 15 is 0 Å². The van der Waals surface area contributed by atoms with E-state index in [0.717, 1.165) is 12.8 Å². The molecule has 0 spiro atoms. The first kappa shape index (κ1) is 18.2. The number of anilines is 1. The fraction of sp³-hybridized carbons (Fsp3) is 0.375. The van der Waals surface area contributed by atoms with Gasteiger partial charge in [0, 0.05) is 12.6 Å². The molecular formula is C16H20N6O3. The third-order valence-electron chi connectivity index (χ3n) is 3.45. The number of amides is 3. The molecule has 1 aliphatic heterocycles. The van der Waals surface area contributed by atoms with Gasteiger partial charge < -0.3 is 10.6 Å². The maximum absolute atomic E-state index is 12.0. The molecule has 1 aromatic rings. The number of hydrogen-bond acceptors (Lipinski definition) is 5. The smallest absolute Gasteiger partial charge is 0.314 e. The average molecular weight is 344 g/mol. The molecule has 0 aliphatic carbocycles. The molecule has 0 saturated carbocycles. The van der Waals surface area contributed by atoms with E-state index in [1.165, 1.54) is 4.68 Å². The summed E-state index contributed by atoms with van der Waals surface area (Å²) in [5, 5.41) is 9.15. The molecule has 132 valence electrons. The van der Waals surface area contributed by atoms with Crippen LogP contribution in [0.2, 0.25) is 0 Å². The second-order valence-electron chi connectivity index (χ2n) is 5.54. The topological polar surface area (TPSA) is 118 Å². The van der Waals surface area contributed by atoms with Crippen LogP contribution >= 0.6 is 0 Å². The summed E-state index contributed by atoms with van der Waals surface area (Å²) in [6.45, 7) is 9.34. The summed E-state index contributed by atoms with van der Waals surface area (Å²) in [5.74, 6) is -1.89. The minimum atomic E-state index is -0.829. The Labute approximate surface area is 144 Å². The largest absolute Gasteiger partial charge is 0.348 e. The molecule has 2 N–H and O–H groups in total. The molecule has 1 aromatic heterocycles. The van der Waals surface area contributed by atoms with Gasteiger partial charge in [-0.05, 0) is 20.3 Å². The lowest BCUT2D eigenvalue weighted by Crippen LogP contribution is -2.36. The zero-order chi connectivity index (χ0) is 18.6. The molecule has 0 unspecified atom stereocenters. The highest BCUT2D eigenvalue weighted by molar-refractivity contribution is 6.39. The predicted molar refractivity (Wildman–Crippen MR) is 93.6 cm³/mol. The second-order valence-corrected chi connectivity index (χ2v) is 5.54. The Hall–Kier alpha value is -3.10. The summed E-state index contributed by atoms with van der Waals surface area (Å²) in [6, 6.07) is 1.55. The Morgan fingerprint density at radius 3 is 2.60 bits per heavy atom. The van der Waals surface area contributed by atoms with Crippen molar-refractivity contribution in [2.24, 2.45) is 9.98 Å². The Bertz CT molecular complexity index is 803. The second kappa shape index (κ2) is 7.65. The fourth-order valence-corrected chi connectivity index (χ4v) is 2.02. The summed E-state index contributed by atoms with van der Waals surface area (Å²) < 4.78 is 1.21. The Balaban J connectivity index is 2.20. The molecule has 0 aromatic carbocycles. The van der Waals surface area contributed by atoms with Crippen molar-refractivity contribution in [3.8, 4) is 0 Å². The molecule has 0 fully saturated rings. The van der Waals surface area contributed by atoms with E-state index in [-0.39, 0.29) is 17.4 Å². The summed E-state index contributed by atoms with van der Waals surface area (Å²) in [4.78, 5) is 43.6. The van der Waals surface area contributed by atoms with Gasteiger partial charge in [0.15, 0.2) is 0 Å². The molecule has 9 nitrogen and oxygen atoms in total. The third kappa shape index (κ3) is 4.25. The molecular weight excluding hydrogens is 324 g/mol. The van der Waals surface area contributed by atoms with Gasteiger partial charge in [0.2, 0.25) is 0 Å². The summed E-state index contributed by atoms with van der Waals surface area (Å²) in [5.41, 5.74) is 1.18. The van der Waals surface area contributed by atoms with Crippen LogP contribution in [0.3, 0.4) is 0 Å². The van der Waals surface area contributed by atoms with Gasteiger partial charge in [0.05, 0.1) is 17.0 Å². The van der Waals surface area contributed by atoms with Crippen molar-refractivity contribution in [1.82, 2.24) is 15.1 Å². The number of rotatable bonds is 4. The maximum Gasteiger partial charge on any atom is 0.314 e. The van der Waals surface area contributed by atoms with Gasteiger partial charge in [-0.3, -0.25) is 14.4 Å². The van der Waals surface area contributed by atoms with Crippen LogP contribution in [0, 0.1) is 6.92 Å². The van der Waals surface area contributed by atoms with Crippen molar-refractivity contribution in [2.45, 2.75) is 33.6 Å². The van der Waals surface area contributed by atoms with Crippen LogP contribution in [0.25, 0.3) is 0 Å². The van der Waals surface area contributed by atoms with E-state index in [1.54, 1.807) is 19.9 Å². The summed E-state index contributed by atoms with van der Waals surface area (Å²) >= 11 is 0. The van der Waals surface area contributed by atoms with Crippen molar-refractivity contribution < 1.29 is 14.4 Å². The molecule has 25 heavy (non-hydrogen) atoms. The van der Waals surface area contributed by atoms with Crippen molar-refractivity contribution in [1.29, 1.82) is 0 Å². The zero-order valence-corrected chi connectivity index (χ0v) is 14.4. The number of nitrogens with zero attached hydrogens (tertiary/aromatic N) is 4. The van der Waals surface area contributed by atoms with E-state index in [0.29, 0.717) is 18.0 Å². The number of aliphatic imine (C=N–C) groups is 2. The Morgan fingerprint density at radius 1 is 1.24 bits per heavy atom. The van der Waals surface area contributed by atoms with Crippen LogP contribution in [-0.2, 0) is 14.4 Å². The van der Waals surface area contributed by atoms with Crippen molar-refractivity contribution in [3.05, 3.63) is 23.9 Å². The lowest BCUT2D eigenvalue weighted by molar-refractivity contribution is -0.136. The van der Waals surface area contributed by atoms with Gasteiger partial charge in [-0.1, -0.05) is 19.9 Å². The van der Waals surface area contributed by atoms with E-state index in [1.807, 2.05) is 6.92 Å². The van der Waals surface area contributed by atoms with Crippen LogP contribution in [0.15, 0.2) is 28.2 Å². The van der Waals surface area contributed by atoms with Crippen molar-refractivity contribution in [3.63, 3.8) is 0 Å². The zero-order valence-electron chi connectivity index (χ0n) is 14.4. The highest BCUT2D eigenvalue weighted by atomic mass is 16.2. The molecule has 0 saturated heterocycles. The highest BCUT2D eigenvalue weighted by Crippen LogP contribution is 2.14. The van der Waals surface area contributed by atoms with Gasteiger partial charge in [-0.25, -0.2) is 4.99 Å². The maximum atomic E-state index is 12.0. The van der Waals surface area contributed by atoms with Gasteiger partial charge in [0.25, 0.3) is 11.9 Å². The molecule has 0 bridgehead atoms. The van der Waals surface area contributed by atoms with E-state index in [2.05, 4.69) is 32.3 Å². The van der Waals surface area contributed by atoms with Gasteiger partial charge in [0.1, 0.15) is 5.82 Å². The Morgan fingerprint density at radius 2 is 1.96 bits per heavy atom. The van der Waals surface area contributed by atoms with Crippen molar-refractivity contribution >= 4 is 35.2 Å². The van der Waals surface area contributed by atoms with Crippen LogP contribution in [0.4, 0.5) is 5.82 Å². The summed E-state index contributed by atoms with van der Waals surface area (Å²) in [7, 11) is 0. The molecule has 2 heterocycles. The SMILES string of the molecule is C=C1C(=O)N=C(n2nc(C)cc2NC(=O)C(=O)NCCCC)N=C1C. The fourth-order valence-electron chi connectivity index (χ4n) is 2.02. The average Bonchev–Trinajstić information content (AvgIpc) is 2.92. The third-order valence-corrected chi connectivity index (χ3v) is 3.45. The van der Waals surface area contributed by atoms with Crippen LogP contribution < -0.4 is 10.6 Å². The number of aromatic nitrogens is 2. The lowest BCUT2D eigenvalue weighted by Gasteiger charge is -2.12. The van der Waals surface area contributed by atoms with Gasteiger partial charge in [-0.2, -0.15) is 14.8 Å². The minimum Gasteiger partial charge on any atom is -0.348 e. The first-order valence-electron chi connectivity index (χ1n) is 7.87. The van der Waals surface area contributed by atoms with E-state index in [4.69, 9.17) is 0 Å². The van der Waals surface area contributed by atoms with Crippen LogP contribution in [-0.4, -0.2) is 45.7 Å². The molecule has 3 amide bonds. The number of hydrogen-bond donors (Lipinski definition) is 2. The molecule has 0 radical (unpaired) electrons. The molecule has 1 aliphatic rings. The standard InChI is InChI=1S/C16H20N6O3/c1-5-6-7-17-14(24)15(25)19-12-8-9(2)21-22(12)16-18-11(4)10(3)13(23)20-16/h8H,3,5-7H2,1-2,4H3,(H,17,24)(H,19,25). The number of unbranched alkanes of at least 4 members (excludes halogenated alkanes) is 1. The molecule has 9 heteroatoms. The molecule has 0 atom stereocenters. The molecule has 2 rings (SSSR count). The van der Waals surface area contributed by atoms with E-state index in [9.17, 15) is 14.4 Å². The van der Waals surface area contributed by atoms with Gasteiger partial charge in [-0.15, -0.1) is 0 Å². The van der Waals surface area contributed by atoms with E-state index < -0.39 is 17.7 Å². The quantitative estimate of drug-likeness (QED) is 0.477.